The highest BCUT2D eigenvalue weighted by molar-refractivity contribution is 7.09. The monoisotopic (exact) mass is 306 g/mol. The number of amides is 2. The number of urea groups is 1. The molecule has 6 heteroatoms. The fourth-order valence-corrected chi connectivity index (χ4v) is 2.53. The van der Waals surface area contributed by atoms with Crippen molar-refractivity contribution in [1.82, 2.24) is 5.32 Å². The molecule has 5 nitrogen and oxygen atoms in total. The maximum atomic E-state index is 11.9. The predicted molar refractivity (Wildman–Crippen MR) is 84.6 cm³/mol. The van der Waals surface area contributed by atoms with E-state index in [9.17, 15) is 4.79 Å². The Balaban J connectivity index is 1.87. The second kappa shape index (κ2) is 7.54. The molecule has 2 amide bonds. The van der Waals surface area contributed by atoms with E-state index < -0.39 is 0 Å². The van der Waals surface area contributed by atoms with Gasteiger partial charge in [-0.25, -0.2) is 4.79 Å². The molecule has 0 radical (unpaired) electrons. The van der Waals surface area contributed by atoms with Crippen LogP contribution in [0.15, 0.2) is 35.7 Å². The summed E-state index contributed by atoms with van der Waals surface area (Å²) < 4.78 is 10.3. The molecule has 2 aromatic rings. The van der Waals surface area contributed by atoms with Crippen LogP contribution in [0.5, 0.6) is 11.5 Å². The van der Waals surface area contributed by atoms with Crippen molar-refractivity contribution >= 4 is 23.1 Å². The zero-order valence-electron chi connectivity index (χ0n) is 12.0. The van der Waals surface area contributed by atoms with Gasteiger partial charge in [0.2, 0.25) is 0 Å². The molecule has 1 aromatic carbocycles. The van der Waals surface area contributed by atoms with Gasteiger partial charge >= 0.3 is 6.03 Å². The van der Waals surface area contributed by atoms with Gasteiger partial charge < -0.3 is 20.1 Å². The maximum absolute atomic E-state index is 11.9. The number of ether oxygens (including phenoxy) is 2. The summed E-state index contributed by atoms with van der Waals surface area (Å²) in [6, 6.07) is 9.04. The molecule has 2 N–H and O–H groups in total. The number of thiophene rings is 1. The van der Waals surface area contributed by atoms with Crippen molar-refractivity contribution in [3.05, 3.63) is 40.6 Å². The first-order valence-electron chi connectivity index (χ1n) is 6.52. The van der Waals surface area contributed by atoms with Gasteiger partial charge in [-0.1, -0.05) is 6.07 Å². The first kappa shape index (κ1) is 15.2. The van der Waals surface area contributed by atoms with E-state index in [1.807, 2.05) is 11.4 Å². The fraction of sp³-hybridized carbons (Fsp3) is 0.267. The van der Waals surface area contributed by atoms with Crippen LogP contribution in [0.25, 0.3) is 0 Å². The van der Waals surface area contributed by atoms with E-state index in [0.717, 1.165) is 6.42 Å². The zero-order chi connectivity index (χ0) is 15.1. The number of benzene rings is 1. The van der Waals surface area contributed by atoms with Crippen molar-refractivity contribution in [2.45, 2.75) is 6.42 Å². The van der Waals surface area contributed by atoms with Gasteiger partial charge in [0, 0.05) is 17.5 Å². The summed E-state index contributed by atoms with van der Waals surface area (Å²) in [6.07, 6.45) is 0.824. The lowest BCUT2D eigenvalue weighted by molar-refractivity contribution is 0.252. The maximum Gasteiger partial charge on any atom is 0.319 e. The third-order valence-corrected chi connectivity index (χ3v) is 3.83. The van der Waals surface area contributed by atoms with Crippen LogP contribution in [-0.4, -0.2) is 26.8 Å². The van der Waals surface area contributed by atoms with E-state index in [1.54, 1.807) is 43.8 Å². The highest BCUT2D eigenvalue weighted by Crippen LogP contribution is 2.28. The van der Waals surface area contributed by atoms with E-state index in [0.29, 0.717) is 23.7 Å². The normalized spacial score (nSPS) is 10.0. The second-order valence-corrected chi connectivity index (χ2v) is 5.31. The summed E-state index contributed by atoms with van der Waals surface area (Å²) in [7, 11) is 3.13. The predicted octanol–water partition coefficient (Wildman–Crippen LogP) is 3.13. The molecule has 0 unspecified atom stereocenters. The molecule has 21 heavy (non-hydrogen) atoms. The summed E-state index contributed by atoms with van der Waals surface area (Å²) in [5, 5.41) is 7.61. The number of hydrogen-bond acceptors (Lipinski definition) is 4. The Bertz CT molecular complexity index is 585. The molecular formula is C15H18N2O3S. The van der Waals surface area contributed by atoms with Gasteiger partial charge in [-0.15, -0.1) is 11.3 Å². The Morgan fingerprint density at radius 3 is 2.76 bits per heavy atom. The Morgan fingerprint density at radius 1 is 1.24 bits per heavy atom. The van der Waals surface area contributed by atoms with Gasteiger partial charge in [-0.05, 0) is 30.0 Å². The quantitative estimate of drug-likeness (QED) is 0.862. The zero-order valence-corrected chi connectivity index (χ0v) is 12.8. The van der Waals surface area contributed by atoms with Crippen molar-refractivity contribution in [1.29, 1.82) is 0 Å². The van der Waals surface area contributed by atoms with Gasteiger partial charge in [-0.2, -0.15) is 0 Å². The molecule has 0 atom stereocenters. The molecule has 1 aromatic heterocycles. The van der Waals surface area contributed by atoms with Crippen LogP contribution in [0.3, 0.4) is 0 Å². The Hall–Kier alpha value is -2.21. The largest absolute Gasteiger partial charge is 0.497 e. The van der Waals surface area contributed by atoms with Crippen molar-refractivity contribution in [2.24, 2.45) is 0 Å². The fourth-order valence-electron chi connectivity index (χ4n) is 1.82. The van der Waals surface area contributed by atoms with Crippen molar-refractivity contribution < 1.29 is 14.3 Å². The summed E-state index contributed by atoms with van der Waals surface area (Å²) in [5.41, 5.74) is 0.604. The number of carbonyl (C=O) groups is 1. The third-order valence-electron chi connectivity index (χ3n) is 2.89. The van der Waals surface area contributed by atoms with Crippen molar-refractivity contribution in [3.8, 4) is 11.5 Å². The SMILES string of the molecule is COc1ccc(NC(=O)NCCc2cccs2)c(OC)c1. The minimum atomic E-state index is -0.255. The summed E-state index contributed by atoms with van der Waals surface area (Å²) >= 11 is 1.68. The Kier molecular flexibility index (Phi) is 5.45. The highest BCUT2D eigenvalue weighted by Gasteiger charge is 2.08. The van der Waals surface area contributed by atoms with Gasteiger partial charge in [0.1, 0.15) is 11.5 Å². The lowest BCUT2D eigenvalue weighted by atomic mass is 10.2. The molecule has 0 aliphatic rings. The molecule has 0 saturated heterocycles. The van der Waals surface area contributed by atoms with E-state index in [1.165, 1.54) is 4.88 Å². The Morgan fingerprint density at radius 2 is 2.10 bits per heavy atom. The number of rotatable bonds is 6. The van der Waals surface area contributed by atoms with Crippen LogP contribution < -0.4 is 20.1 Å². The average Bonchev–Trinajstić information content (AvgIpc) is 3.01. The van der Waals surface area contributed by atoms with Crippen LogP contribution in [0.1, 0.15) is 4.88 Å². The van der Waals surface area contributed by atoms with E-state index in [-0.39, 0.29) is 6.03 Å². The molecule has 0 fully saturated rings. The minimum Gasteiger partial charge on any atom is -0.497 e. The Labute approximate surface area is 127 Å². The van der Waals surface area contributed by atoms with Crippen LogP contribution in [0.4, 0.5) is 10.5 Å². The number of methoxy groups -OCH3 is 2. The summed E-state index contributed by atoms with van der Waals surface area (Å²) in [5.74, 6) is 1.23. The van der Waals surface area contributed by atoms with Gasteiger partial charge in [0.15, 0.2) is 0 Å². The lowest BCUT2D eigenvalue weighted by Crippen LogP contribution is -2.30. The van der Waals surface area contributed by atoms with Gasteiger partial charge in [-0.3, -0.25) is 0 Å². The van der Waals surface area contributed by atoms with Crippen LogP contribution in [-0.2, 0) is 6.42 Å². The topological polar surface area (TPSA) is 59.6 Å². The summed E-state index contributed by atoms with van der Waals surface area (Å²) in [6.45, 7) is 0.588. The number of hydrogen-bond donors (Lipinski definition) is 2. The average molecular weight is 306 g/mol. The minimum absolute atomic E-state index is 0.255. The van der Waals surface area contributed by atoms with Crippen LogP contribution in [0, 0.1) is 0 Å². The standard InChI is InChI=1S/C15H18N2O3S/c1-19-11-5-6-13(14(10-11)20-2)17-15(18)16-8-7-12-4-3-9-21-12/h3-6,9-10H,7-8H2,1-2H3,(H2,16,17,18). The van der Waals surface area contributed by atoms with Crippen LogP contribution >= 0.6 is 11.3 Å². The summed E-state index contributed by atoms with van der Waals surface area (Å²) in [4.78, 5) is 13.1. The smallest absolute Gasteiger partial charge is 0.319 e. The van der Waals surface area contributed by atoms with E-state index in [4.69, 9.17) is 9.47 Å². The lowest BCUT2D eigenvalue weighted by Gasteiger charge is -2.12. The van der Waals surface area contributed by atoms with E-state index in [2.05, 4.69) is 16.7 Å². The van der Waals surface area contributed by atoms with E-state index >= 15 is 0 Å². The van der Waals surface area contributed by atoms with Gasteiger partial charge in [0.25, 0.3) is 0 Å². The molecule has 0 saturated carbocycles. The molecule has 112 valence electrons. The number of anilines is 1. The van der Waals surface area contributed by atoms with Crippen molar-refractivity contribution in [3.63, 3.8) is 0 Å². The molecule has 2 rings (SSSR count). The van der Waals surface area contributed by atoms with Gasteiger partial charge in [0.05, 0.1) is 19.9 Å². The van der Waals surface area contributed by atoms with Crippen LogP contribution in [0.2, 0.25) is 0 Å². The first-order valence-corrected chi connectivity index (χ1v) is 7.40. The highest BCUT2D eigenvalue weighted by atomic mass is 32.1. The third kappa shape index (κ3) is 4.39. The van der Waals surface area contributed by atoms with Crippen molar-refractivity contribution in [2.75, 3.05) is 26.1 Å². The molecule has 1 heterocycles. The molecule has 0 aliphatic carbocycles. The molecule has 0 spiro atoms. The molecule has 0 aliphatic heterocycles. The first-order chi connectivity index (χ1) is 10.2. The second-order valence-electron chi connectivity index (χ2n) is 4.28. The molecular weight excluding hydrogens is 288 g/mol. The number of nitrogens with one attached hydrogen (secondary N) is 2. The number of carbonyl (C=O) groups excluding carboxylic acids is 1. The molecule has 0 bridgehead atoms.